The fourth-order valence-corrected chi connectivity index (χ4v) is 1.41. The van der Waals surface area contributed by atoms with Gasteiger partial charge in [-0.3, -0.25) is 0 Å². The number of terminal acetylenes is 1. The summed E-state index contributed by atoms with van der Waals surface area (Å²) in [6.45, 7) is 2.76. The molecule has 0 saturated carbocycles. The first-order valence-corrected chi connectivity index (χ1v) is 4.70. The lowest BCUT2D eigenvalue weighted by Gasteiger charge is -2.15. The predicted octanol–water partition coefficient (Wildman–Crippen LogP) is 2.50. The maximum Gasteiger partial charge on any atom is 0.128 e. The summed E-state index contributed by atoms with van der Waals surface area (Å²) in [6.07, 6.45) is 5.74. The Hall–Kier alpha value is -1.33. The normalized spacial score (nSPS) is 12.1. The van der Waals surface area contributed by atoms with Gasteiger partial charge in [0.15, 0.2) is 0 Å². The van der Waals surface area contributed by atoms with Gasteiger partial charge in [0.1, 0.15) is 5.82 Å². The first kappa shape index (κ1) is 10.7. The van der Waals surface area contributed by atoms with Crippen molar-refractivity contribution in [2.45, 2.75) is 19.4 Å². The monoisotopic (exact) mass is 191 g/mol. The molecule has 0 aliphatic carbocycles. The van der Waals surface area contributed by atoms with E-state index in [4.69, 9.17) is 6.42 Å². The van der Waals surface area contributed by atoms with Crippen molar-refractivity contribution in [3.63, 3.8) is 0 Å². The minimum atomic E-state index is -0.200. The van der Waals surface area contributed by atoms with Crippen LogP contribution in [0.15, 0.2) is 24.3 Å². The molecule has 0 radical (unpaired) electrons. The molecule has 1 rings (SSSR count). The molecule has 1 atom stereocenters. The Bertz CT molecular complexity index is 327. The molecule has 1 unspecified atom stereocenters. The van der Waals surface area contributed by atoms with Crippen molar-refractivity contribution in [1.29, 1.82) is 0 Å². The Morgan fingerprint density at radius 3 is 2.79 bits per heavy atom. The molecule has 2 heteroatoms. The van der Waals surface area contributed by atoms with Crippen LogP contribution in [0.2, 0.25) is 0 Å². The van der Waals surface area contributed by atoms with Crippen molar-refractivity contribution >= 4 is 0 Å². The van der Waals surface area contributed by atoms with E-state index in [9.17, 15) is 4.39 Å². The van der Waals surface area contributed by atoms with Gasteiger partial charge in [-0.1, -0.05) is 25.1 Å². The van der Waals surface area contributed by atoms with E-state index >= 15 is 0 Å². The molecule has 1 aromatic carbocycles. The Balaban J connectivity index is 2.88. The smallest absolute Gasteiger partial charge is 0.128 e. The predicted molar refractivity (Wildman–Crippen MR) is 56.3 cm³/mol. The molecule has 0 fully saturated rings. The van der Waals surface area contributed by atoms with E-state index in [0.29, 0.717) is 12.0 Å². The summed E-state index contributed by atoms with van der Waals surface area (Å²) < 4.78 is 13.4. The van der Waals surface area contributed by atoms with Crippen LogP contribution < -0.4 is 5.32 Å². The first-order valence-electron chi connectivity index (χ1n) is 4.70. The van der Waals surface area contributed by atoms with Gasteiger partial charge >= 0.3 is 0 Å². The molecule has 0 amide bonds. The van der Waals surface area contributed by atoms with Crippen molar-refractivity contribution in [2.75, 3.05) is 6.54 Å². The molecule has 0 bridgehead atoms. The molecule has 74 valence electrons. The van der Waals surface area contributed by atoms with E-state index < -0.39 is 0 Å². The fourth-order valence-electron chi connectivity index (χ4n) is 1.41. The lowest BCUT2D eigenvalue weighted by atomic mass is 10.0. The molecular weight excluding hydrogens is 177 g/mol. The summed E-state index contributed by atoms with van der Waals surface area (Å²) in [5.74, 6) is 2.35. The molecule has 1 nitrogen and oxygen atoms in total. The number of hydrogen-bond donors (Lipinski definition) is 1. The molecule has 14 heavy (non-hydrogen) atoms. The lowest BCUT2D eigenvalue weighted by molar-refractivity contribution is 0.520. The molecular formula is C12H14FN. The van der Waals surface area contributed by atoms with E-state index in [2.05, 4.69) is 11.2 Å². The Labute approximate surface area is 84.3 Å². The highest BCUT2D eigenvalue weighted by atomic mass is 19.1. The van der Waals surface area contributed by atoms with Gasteiger partial charge in [-0.2, -0.15) is 0 Å². The number of halogens is 1. The third kappa shape index (κ3) is 2.58. The first-order chi connectivity index (χ1) is 6.79. The molecule has 0 spiro atoms. The van der Waals surface area contributed by atoms with Crippen LogP contribution in [0.25, 0.3) is 0 Å². The van der Waals surface area contributed by atoms with E-state index in [1.807, 2.05) is 13.0 Å². The zero-order valence-electron chi connectivity index (χ0n) is 8.26. The minimum Gasteiger partial charge on any atom is -0.309 e. The second kappa shape index (κ2) is 5.41. The number of rotatable bonds is 4. The molecule has 0 aliphatic heterocycles. The van der Waals surface area contributed by atoms with Gasteiger partial charge in [0.2, 0.25) is 0 Å². The number of nitrogens with one attached hydrogen (secondary N) is 1. The molecule has 0 saturated heterocycles. The largest absolute Gasteiger partial charge is 0.309 e. The van der Waals surface area contributed by atoms with Crippen LogP contribution in [-0.2, 0) is 0 Å². The highest BCUT2D eigenvalue weighted by Crippen LogP contribution is 2.19. The molecule has 0 aliphatic rings. The molecule has 1 N–H and O–H groups in total. The van der Waals surface area contributed by atoms with E-state index in [1.165, 1.54) is 6.07 Å². The highest BCUT2D eigenvalue weighted by molar-refractivity contribution is 5.22. The third-order valence-electron chi connectivity index (χ3n) is 2.05. The van der Waals surface area contributed by atoms with Gasteiger partial charge in [-0.15, -0.1) is 12.3 Å². The van der Waals surface area contributed by atoms with Crippen LogP contribution in [0.4, 0.5) is 4.39 Å². The van der Waals surface area contributed by atoms with Gasteiger partial charge in [-0.25, -0.2) is 4.39 Å². The van der Waals surface area contributed by atoms with Crippen molar-refractivity contribution in [3.8, 4) is 12.3 Å². The topological polar surface area (TPSA) is 12.0 Å². The Kier molecular flexibility index (Phi) is 4.15. The van der Waals surface area contributed by atoms with Crippen LogP contribution in [-0.4, -0.2) is 6.54 Å². The van der Waals surface area contributed by atoms with Crippen LogP contribution in [0.3, 0.4) is 0 Å². The van der Waals surface area contributed by atoms with E-state index in [1.54, 1.807) is 12.1 Å². The van der Waals surface area contributed by atoms with Crippen LogP contribution in [0.5, 0.6) is 0 Å². The van der Waals surface area contributed by atoms with Crippen molar-refractivity contribution in [2.24, 2.45) is 0 Å². The summed E-state index contributed by atoms with van der Waals surface area (Å²) in [4.78, 5) is 0. The maximum absolute atomic E-state index is 13.4. The molecule has 0 heterocycles. The van der Waals surface area contributed by atoms with Gasteiger partial charge in [0.05, 0.1) is 0 Å². The SMILES string of the molecule is C#CCC(NCC)c1ccccc1F. The lowest BCUT2D eigenvalue weighted by Crippen LogP contribution is -2.21. The van der Waals surface area contributed by atoms with Gasteiger partial charge < -0.3 is 5.32 Å². The standard InChI is InChI=1S/C12H14FN/c1-3-7-12(14-4-2)10-8-5-6-9-11(10)13/h1,5-6,8-9,12,14H,4,7H2,2H3. The summed E-state index contributed by atoms with van der Waals surface area (Å²) in [5, 5.41) is 3.16. The van der Waals surface area contributed by atoms with Crippen LogP contribution in [0, 0.1) is 18.2 Å². The highest BCUT2D eigenvalue weighted by Gasteiger charge is 2.12. The minimum absolute atomic E-state index is 0.0776. The van der Waals surface area contributed by atoms with Crippen molar-refractivity contribution < 1.29 is 4.39 Å². The van der Waals surface area contributed by atoms with Crippen molar-refractivity contribution in [3.05, 3.63) is 35.6 Å². The summed E-state index contributed by atoms with van der Waals surface area (Å²) in [7, 11) is 0. The van der Waals surface area contributed by atoms with E-state index in [0.717, 1.165) is 6.54 Å². The zero-order valence-corrected chi connectivity index (χ0v) is 8.26. The number of benzene rings is 1. The molecule has 1 aromatic rings. The van der Waals surface area contributed by atoms with Crippen LogP contribution in [0.1, 0.15) is 24.9 Å². The van der Waals surface area contributed by atoms with Gasteiger partial charge in [0, 0.05) is 18.0 Å². The average Bonchev–Trinajstić information content (AvgIpc) is 2.18. The second-order valence-electron chi connectivity index (χ2n) is 3.04. The summed E-state index contributed by atoms with van der Waals surface area (Å²) >= 11 is 0. The quantitative estimate of drug-likeness (QED) is 0.721. The third-order valence-corrected chi connectivity index (χ3v) is 2.05. The summed E-state index contributed by atoms with van der Waals surface area (Å²) in [5.41, 5.74) is 0.646. The zero-order chi connectivity index (χ0) is 10.4. The van der Waals surface area contributed by atoms with Crippen molar-refractivity contribution in [1.82, 2.24) is 5.32 Å². The fraction of sp³-hybridized carbons (Fsp3) is 0.333. The summed E-state index contributed by atoms with van der Waals surface area (Å²) in [6, 6.07) is 6.64. The van der Waals surface area contributed by atoms with Gasteiger partial charge in [0.25, 0.3) is 0 Å². The number of hydrogen-bond acceptors (Lipinski definition) is 1. The molecule has 0 aromatic heterocycles. The average molecular weight is 191 g/mol. The Morgan fingerprint density at radius 2 is 2.21 bits per heavy atom. The maximum atomic E-state index is 13.4. The Morgan fingerprint density at radius 1 is 1.50 bits per heavy atom. The second-order valence-corrected chi connectivity index (χ2v) is 3.04. The van der Waals surface area contributed by atoms with Crippen LogP contribution >= 0.6 is 0 Å². The van der Waals surface area contributed by atoms with Gasteiger partial charge in [-0.05, 0) is 12.6 Å². The van der Waals surface area contributed by atoms with E-state index in [-0.39, 0.29) is 11.9 Å².